The smallest absolute Gasteiger partial charge is 0.868 e. The van der Waals surface area contributed by atoms with Crippen molar-refractivity contribution in [2.45, 2.75) is 13.8 Å². The van der Waals surface area contributed by atoms with Crippen molar-refractivity contribution >= 4 is 48.0 Å². The molecule has 0 unspecified atom stereocenters. The van der Waals surface area contributed by atoms with Crippen molar-refractivity contribution in [2.75, 3.05) is 0 Å². The van der Waals surface area contributed by atoms with E-state index in [1.807, 2.05) is 0 Å². The lowest BCUT2D eigenvalue weighted by molar-refractivity contribution is -0.210. The highest BCUT2D eigenvalue weighted by Gasteiger charge is 2.00. The molecule has 2 nitrogen and oxygen atoms in total. The van der Waals surface area contributed by atoms with Crippen LogP contribution in [0.5, 0.6) is 0 Å². The molecule has 0 bridgehead atoms. The van der Waals surface area contributed by atoms with Gasteiger partial charge in [-0.15, -0.1) is 24.4 Å². The topological polar surface area (TPSA) is 46.1 Å². The fraction of sp³-hybridized carbons (Fsp3) is 0.500. The number of thiocarbonyl (C=S) groups is 2. The maximum Gasteiger partial charge on any atom is 2.00 e. The Balaban J connectivity index is -0.0000000720. The van der Waals surface area contributed by atoms with Crippen LogP contribution in [0.2, 0.25) is 0 Å². The zero-order valence-electron chi connectivity index (χ0n) is 5.04. The molecular weight excluding hydrogens is 176 g/mol. The van der Waals surface area contributed by atoms with Gasteiger partial charge in [0.15, 0.2) is 0 Å². The van der Waals surface area contributed by atoms with Crippen LogP contribution in [0.3, 0.4) is 0 Å². The summed E-state index contributed by atoms with van der Waals surface area (Å²) in [6.45, 7) is 2.69. The van der Waals surface area contributed by atoms with Gasteiger partial charge in [-0.25, -0.2) is 0 Å². The van der Waals surface area contributed by atoms with E-state index in [1.165, 1.54) is 13.8 Å². The van der Waals surface area contributed by atoms with Crippen LogP contribution in [0.25, 0.3) is 0 Å². The molecule has 0 aliphatic carbocycles. The van der Waals surface area contributed by atoms with E-state index in [2.05, 4.69) is 24.4 Å². The second kappa shape index (κ2) is 11.0. The van der Waals surface area contributed by atoms with E-state index in [0.29, 0.717) is 0 Å². The lowest BCUT2D eigenvalue weighted by Gasteiger charge is -1.88. The van der Waals surface area contributed by atoms with Crippen molar-refractivity contribution in [3.05, 3.63) is 0 Å². The third kappa shape index (κ3) is 18100. The van der Waals surface area contributed by atoms with Crippen molar-refractivity contribution in [1.29, 1.82) is 0 Å². The van der Waals surface area contributed by atoms with Crippen LogP contribution >= 0.6 is 24.4 Å². The summed E-state index contributed by atoms with van der Waals surface area (Å²) in [6, 6.07) is 0. The standard InChI is InChI=1S/2C2H4OS.S/c2*1-2(3)4;/h2*1H3,(H,3,4);/q;;+2/p-2. The molecule has 0 aliphatic rings. The summed E-state index contributed by atoms with van der Waals surface area (Å²) < 4.78 is 0. The van der Waals surface area contributed by atoms with E-state index in [9.17, 15) is 10.2 Å². The van der Waals surface area contributed by atoms with Crippen LogP contribution in [0, 0.1) is 0 Å². The quantitative estimate of drug-likeness (QED) is 0.469. The van der Waals surface area contributed by atoms with Crippen LogP contribution in [-0.4, -0.2) is 10.1 Å². The maximum absolute atomic E-state index is 9.26. The Labute approximate surface area is 72.3 Å². The molecule has 0 aliphatic heterocycles. The van der Waals surface area contributed by atoms with Gasteiger partial charge in [-0.2, -0.15) is 0 Å². The van der Waals surface area contributed by atoms with Gasteiger partial charge in [0, 0.05) is 0 Å². The Kier molecular flexibility index (Phi) is 19.6. The van der Waals surface area contributed by atoms with Crippen molar-refractivity contribution < 1.29 is 10.2 Å². The molecule has 0 saturated carbocycles. The van der Waals surface area contributed by atoms with Crippen LogP contribution in [-0.2, 0) is 13.5 Å². The second-order valence-corrected chi connectivity index (χ2v) is 2.13. The summed E-state index contributed by atoms with van der Waals surface area (Å²) in [6.07, 6.45) is 0. The van der Waals surface area contributed by atoms with Crippen molar-refractivity contribution in [1.82, 2.24) is 0 Å². The monoisotopic (exact) mass is 182 g/mol. The van der Waals surface area contributed by atoms with Gasteiger partial charge in [0.25, 0.3) is 0 Å². The van der Waals surface area contributed by atoms with Crippen molar-refractivity contribution in [3.8, 4) is 0 Å². The van der Waals surface area contributed by atoms with Gasteiger partial charge in [-0.05, 0) is 13.8 Å². The summed E-state index contributed by atoms with van der Waals surface area (Å²) in [7, 11) is 0. The first-order valence-electron chi connectivity index (χ1n) is 1.82. The van der Waals surface area contributed by atoms with E-state index in [4.69, 9.17) is 0 Å². The van der Waals surface area contributed by atoms with Gasteiger partial charge in [0.2, 0.25) is 0 Å². The molecule has 0 heterocycles. The first-order valence-corrected chi connectivity index (χ1v) is 2.63. The highest BCUT2D eigenvalue weighted by atomic mass is 32.1. The van der Waals surface area contributed by atoms with E-state index in [0.717, 1.165) is 0 Å². The molecule has 0 N–H and O–H groups in total. The van der Waals surface area contributed by atoms with Crippen LogP contribution in [0.15, 0.2) is 0 Å². The first-order chi connectivity index (χ1) is 3.46. The summed E-state index contributed by atoms with van der Waals surface area (Å²) in [5, 5.41) is 18.0. The van der Waals surface area contributed by atoms with Gasteiger partial charge in [-0.3, -0.25) is 0 Å². The Morgan fingerprint density at radius 2 is 1.00 bits per heavy atom. The molecule has 0 aromatic carbocycles. The van der Waals surface area contributed by atoms with E-state index < -0.39 is 0 Å². The van der Waals surface area contributed by atoms with Crippen molar-refractivity contribution in [3.63, 3.8) is 0 Å². The molecule has 0 amide bonds. The molecule has 0 aromatic rings. The predicted octanol–water partition coefficient (Wildman–Crippen LogP) is -0.614. The van der Waals surface area contributed by atoms with Crippen molar-refractivity contribution in [2.24, 2.45) is 0 Å². The lowest BCUT2D eigenvalue weighted by atomic mass is 10.9. The Morgan fingerprint density at radius 3 is 1.00 bits per heavy atom. The van der Waals surface area contributed by atoms with Gasteiger partial charge in [0.1, 0.15) is 0 Å². The number of hydrogen-bond acceptors (Lipinski definition) is 4. The molecule has 0 atom stereocenters. The Hall–Kier alpha value is 0.130. The van der Waals surface area contributed by atoms with Crippen LogP contribution < -0.4 is 10.2 Å². The molecule has 5 heteroatoms. The third-order valence-corrected chi connectivity index (χ3v) is 0. The fourth-order valence-corrected chi connectivity index (χ4v) is 0. The maximum atomic E-state index is 9.26. The first kappa shape index (κ1) is 16.1. The highest BCUT2D eigenvalue weighted by molar-refractivity contribution is 7.80. The summed E-state index contributed by atoms with van der Waals surface area (Å²) >= 11 is 7.96. The molecular formula is C4H6O2S3. The minimum absolute atomic E-state index is 0. The normalized spacial score (nSPS) is 5.56. The molecule has 0 fully saturated rings. The molecule has 0 saturated heterocycles. The SMILES string of the molecule is CC([O-])=S.CC([O-])=S.[S+2]. The summed E-state index contributed by atoms with van der Waals surface area (Å²) in [5.74, 6) is 0. The number of hydrogen-bond donors (Lipinski definition) is 0. The highest BCUT2D eigenvalue weighted by Crippen LogP contribution is 1.47. The molecule has 52 valence electrons. The molecule has 0 aromatic heterocycles. The molecule has 0 spiro atoms. The minimum atomic E-state index is -0.250. The van der Waals surface area contributed by atoms with Crippen LogP contribution in [0.1, 0.15) is 13.8 Å². The zero-order valence-corrected chi connectivity index (χ0v) is 7.49. The molecule has 4 radical (unpaired) electrons. The lowest BCUT2D eigenvalue weighted by Crippen LogP contribution is -2.06. The molecule has 0 rings (SSSR count). The second-order valence-electron chi connectivity index (χ2n) is 0.983. The Bertz CT molecular complexity index is 71.8. The summed E-state index contributed by atoms with van der Waals surface area (Å²) in [4.78, 5) is 0. The minimum Gasteiger partial charge on any atom is -0.868 e. The van der Waals surface area contributed by atoms with E-state index in [-0.39, 0.29) is 23.6 Å². The van der Waals surface area contributed by atoms with Gasteiger partial charge >= 0.3 is 13.5 Å². The predicted molar refractivity (Wildman–Crippen MR) is 43.9 cm³/mol. The van der Waals surface area contributed by atoms with E-state index >= 15 is 0 Å². The average molecular weight is 182 g/mol. The van der Waals surface area contributed by atoms with Gasteiger partial charge in [-0.1, -0.05) is 10.1 Å². The number of rotatable bonds is 0. The Morgan fingerprint density at radius 1 is 1.00 bits per heavy atom. The van der Waals surface area contributed by atoms with Crippen LogP contribution in [0.4, 0.5) is 0 Å². The van der Waals surface area contributed by atoms with E-state index in [1.54, 1.807) is 0 Å². The largest absolute Gasteiger partial charge is 2.00 e. The third-order valence-electron chi connectivity index (χ3n) is 0. The fourth-order valence-electron chi connectivity index (χ4n) is 0. The van der Waals surface area contributed by atoms with Gasteiger partial charge in [0.05, 0.1) is 0 Å². The molecule has 9 heavy (non-hydrogen) atoms. The zero-order chi connectivity index (χ0) is 7.15. The average Bonchev–Trinajstić information content (AvgIpc) is 1.25. The summed E-state index contributed by atoms with van der Waals surface area (Å²) in [5.41, 5.74) is 0. The van der Waals surface area contributed by atoms with Gasteiger partial charge < -0.3 is 10.2 Å².